The molecular weight excluding hydrogens is 342 g/mol. The van der Waals surface area contributed by atoms with E-state index in [0.29, 0.717) is 17.1 Å². The van der Waals surface area contributed by atoms with Gasteiger partial charge in [-0.15, -0.1) is 0 Å². The zero-order valence-corrected chi connectivity index (χ0v) is 15.1. The van der Waals surface area contributed by atoms with E-state index in [9.17, 15) is 4.79 Å². The number of amides is 1. The first kappa shape index (κ1) is 17.5. The van der Waals surface area contributed by atoms with Gasteiger partial charge in [-0.3, -0.25) is 14.4 Å². The second kappa shape index (κ2) is 7.77. The molecule has 2 aromatic carbocycles. The van der Waals surface area contributed by atoms with Gasteiger partial charge >= 0.3 is 0 Å². The maximum Gasteiger partial charge on any atom is 0.257 e. The quantitative estimate of drug-likeness (QED) is 0.677. The van der Waals surface area contributed by atoms with Crippen LogP contribution in [-0.2, 0) is 11.3 Å². The predicted octanol–water partition coefficient (Wildman–Crippen LogP) is 2.20. The van der Waals surface area contributed by atoms with Crippen LogP contribution < -0.4 is 11.1 Å². The summed E-state index contributed by atoms with van der Waals surface area (Å²) in [5, 5.41) is 9.05. The molecule has 1 amide bonds. The average molecular weight is 365 g/mol. The molecular formula is C20H23N5O2. The summed E-state index contributed by atoms with van der Waals surface area (Å²) in [4.78, 5) is 15.1. The summed E-state index contributed by atoms with van der Waals surface area (Å²) < 4.78 is 7.21. The van der Waals surface area contributed by atoms with Gasteiger partial charge in [-0.25, -0.2) is 0 Å². The summed E-state index contributed by atoms with van der Waals surface area (Å²) in [5.41, 5.74) is 7.26. The number of anilines is 2. The van der Waals surface area contributed by atoms with Gasteiger partial charge in [0.15, 0.2) is 5.82 Å². The molecule has 3 aromatic rings. The van der Waals surface area contributed by atoms with Crippen LogP contribution in [0.15, 0.2) is 48.7 Å². The lowest BCUT2D eigenvalue weighted by Gasteiger charge is -2.26. The molecule has 0 bridgehead atoms. The van der Waals surface area contributed by atoms with E-state index in [2.05, 4.69) is 15.3 Å². The Bertz CT molecular complexity index is 946. The van der Waals surface area contributed by atoms with Crippen LogP contribution in [0.1, 0.15) is 10.4 Å². The highest BCUT2D eigenvalue weighted by Crippen LogP contribution is 2.24. The van der Waals surface area contributed by atoms with Crippen molar-refractivity contribution in [3.05, 3.63) is 54.2 Å². The standard InChI is InChI=1S/C20H23N5O2/c21-18-6-2-3-15-16(18)4-1-5-17(15)20(26)22-19-7-8-25(23-19)10-9-24-11-13-27-14-12-24/h1-8H,9-14,21H2,(H,22,23,26). The van der Waals surface area contributed by atoms with Gasteiger partial charge in [-0.1, -0.05) is 24.3 Å². The molecule has 1 saturated heterocycles. The molecule has 1 aromatic heterocycles. The molecule has 2 heterocycles. The van der Waals surface area contributed by atoms with Crippen molar-refractivity contribution >= 4 is 28.2 Å². The Morgan fingerprint density at radius 1 is 1.07 bits per heavy atom. The Morgan fingerprint density at radius 2 is 1.85 bits per heavy atom. The number of benzene rings is 2. The molecule has 0 spiro atoms. The van der Waals surface area contributed by atoms with Crippen LogP contribution in [0.2, 0.25) is 0 Å². The number of nitrogen functional groups attached to an aromatic ring is 1. The monoisotopic (exact) mass is 365 g/mol. The van der Waals surface area contributed by atoms with E-state index in [4.69, 9.17) is 10.5 Å². The van der Waals surface area contributed by atoms with E-state index in [-0.39, 0.29) is 5.91 Å². The summed E-state index contributed by atoms with van der Waals surface area (Å²) in [5.74, 6) is 0.354. The van der Waals surface area contributed by atoms with Gasteiger partial charge in [0.05, 0.1) is 19.8 Å². The molecule has 0 radical (unpaired) electrons. The smallest absolute Gasteiger partial charge is 0.257 e. The maximum atomic E-state index is 12.7. The fraction of sp³-hybridized carbons (Fsp3) is 0.300. The highest BCUT2D eigenvalue weighted by molar-refractivity contribution is 6.14. The molecule has 1 aliphatic rings. The fourth-order valence-corrected chi connectivity index (χ4v) is 3.34. The van der Waals surface area contributed by atoms with Crippen molar-refractivity contribution in [1.29, 1.82) is 0 Å². The third-order valence-electron chi connectivity index (χ3n) is 4.83. The molecule has 7 heteroatoms. The number of nitrogens with two attached hydrogens (primary N) is 1. The normalized spacial score (nSPS) is 15.1. The van der Waals surface area contributed by atoms with E-state index in [1.54, 1.807) is 6.07 Å². The van der Waals surface area contributed by atoms with Crippen LogP contribution in [0.3, 0.4) is 0 Å². The van der Waals surface area contributed by atoms with Gasteiger partial charge in [-0.05, 0) is 17.5 Å². The first-order valence-electron chi connectivity index (χ1n) is 9.13. The molecule has 1 aliphatic heterocycles. The minimum absolute atomic E-state index is 0.190. The zero-order chi connectivity index (χ0) is 18.6. The van der Waals surface area contributed by atoms with Gasteiger partial charge in [0.2, 0.25) is 0 Å². The molecule has 3 N–H and O–H groups in total. The lowest BCUT2D eigenvalue weighted by atomic mass is 10.0. The van der Waals surface area contributed by atoms with Crippen LogP contribution in [-0.4, -0.2) is 53.4 Å². The number of ether oxygens (including phenoxy) is 1. The number of hydrogen-bond acceptors (Lipinski definition) is 5. The van der Waals surface area contributed by atoms with Crippen molar-refractivity contribution in [2.24, 2.45) is 0 Å². The summed E-state index contributed by atoms with van der Waals surface area (Å²) in [7, 11) is 0. The Kier molecular flexibility index (Phi) is 5.04. The van der Waals surface area contributed by atoms with E-state index in [1.165, 1.54) is 0 Å². The van der Waals surface area contributed by atoms with Crippen LogP contribution in [0.4, 0.5) is 11.5 Å². The SMILES string of the molecule is Nc1cccc2c(C(=O)Nc3ccn(CCN4CCOCC4)n3)cccc12. The number of morpholine rings is 1. The number of rotatable bonds is 5. The van der Waals surface area contributed by atoms with Gasteiger partial charge < -0.3 is 15.8 Å². The third kappa shape index (κ3) is 3.94. The van der Waals surface area contributed by atoms with E-state index < -0.39 is 0 Å². The molecule has 0 atom stereocenters. The highest BCUT2D eigenvalue weighted by Gasteiger charge is 2.13. The first-order valence-corrected chi connectivity index (χ1v) is 9.13. The first-order chi connectivity index (χ1) is 13.2. The van der Waals surface area contributed by atoms with Gasteiger partial charge in [-0.2, -0.15) is 5.10 Å². The minimum Gasteiger partial charge on any atom is -0.398 e. The topological polar surface area (TPSA) is 85.4 Å². The van der Waals surface area contributed by atoms with E-state index >= 15 is 0 Å². The van der Waals surface area contributed by atoms with Gasteiger partial charge in [0, 0.05) is 48.5 Å². The summed E-state index contributed by atoms with van der Waals surface area (Å²) >= 11 is 0. The van der Waals surface area contributed by atoms with Crippen molar-refractivity contribution in [3.63, 3.8) is 0 Å². The summed E-state index contributed by atoms with van der Waals surface area (Å²) in [6.45, 7) is 5.18. The molecule has 0 aliphatic carbocycles. The van der Waals surface area contributed by atoms with Gasteiger partial charge in [0.1, 0.15) is 0 Å². The molecule has 0 saturated carbocycles. The number of aromatic nitrogens is 2. The second-order valence-electron chi connectivity index (χ2n) is 6.62. The van der Waals surface area contributed by atoms with Crippen molar-refractivity contribution in [3.8, 4) is 0 Å². The van der Waals surface area contributed by atoms with Crippen molar-refractivity contribution in [2.75, 3.05) is 43.9 Å². The lowest BCUT2D eigenvalue weighted by Crippen LogP contribution is -2.38. The number of nitrogens with zero attached hydrogens (tertiary/aromatic N) is 3. The largest absolute Gasteiger partial charge is 0.398 e. The predicted molar refractivity (Wildman–Crippen MR) is 106 cm³/mol. The van der Waals surface area contributed by atoms with E-state index in [0.717, 1.165) is 50.2 Å². The summed E-state index contributed by atoms with van der Waals surface area (Å²) in [6.07, 6.45) is 1.89. The molecule has 4 rings (SSSR count). The minimum atomic E-state index is -0.190. The van der Waals surface area contributed by atoms with E-state index in [1.807, 2.05) is 47.3 Å². The molecule has 0 unspecified atom stereocenters. The summed E-state index contributed by atoms with van der Waals surface area (Å²) in [6, 6.07) is 13.0. The number of hydrogen-bond donors (Lipinski definition) is 2. The number of carbonyl (C=O) groups excluding carboxylic acids is 1. The average Bonchev–Trinajstić information content (AvgIpc) is 3.14. The molecule has 7 nitrogen and oxygen atoms in total. The Morgan fingerprint density at radius 3 is 2.70 bits per heavy atom. The third-order valence-corrected chi connectivity index (χ3v) is 4.83. The maximum absolute atomic E-state index is 12.7. The van der Waals surface area contributed by atoms with Crippen LogP contribution >= 0.6 is 0 Å². The Balaban J connectivity index is 1.43. The fourth-order valence-electron chi connectivity index (χ4n) is 3.34. The van der Waals surface area contributed by atoms with Crippen LogP contribution in [0.5, 0.6) is 0 Å². The highest BCUT2D eigenvalue weighted by atomic mass is 16.5. The number of nitrogens with one attached hydrogen (secondary N) is 1. The Hall–Kier alpha value is -2.90. The van der Waals surface area contributed by atoms with Crippen LogP contribution in [0.25, 0.3) is 10.8 Å². The number of fused-ring (bicyclic) bond motifs is 1. The molecule has 1 fully saturated rings. The Labute approximate surface area is 157 Å². The van der Waals surface area contributed by atoms with Crippen molar-refractivity contribution in [1.82, 2.24) is 14.7 Å². The molecule has 27 heavy (non-hydrogen) atoms. The van der Waals surface area contributed by atoms with Crippen LogP contribution in [0, 0.1) is 0 Å². The molecule has 140 valence electrons. The van der Waals surface area contributed by atoms with Crippen molar-refractivity contribution < 1.29 is 9.53 Å². The van der Waals surface area contributed by atoms with Crippen molar-refractivity contribution in [2.45, 2.75) is 6.54 Å². The second-order valence-corrected chi connectivity index (χ2v) is 6.62. The zero-order valence-electron chi connectivity index (χ0n) is 15.1. The lowest BCUT2D eigenvalue weighted by molar-refractivity contribution is 0.0360. The number of carbonyl (C=O) groups is 1. The van der Waals surface area contributed by atoms with Gasteiger partial charge in [0.25, 0.3) is 5.91 Å².